The quantitative estimate of drug-likeness (QED) is 0.852. The van der Waals surface area contributed by atoms with Gasteiger partial charge in [0.25, 0.3) is 0 Å². The van der Waals surface area contributed by atoms with Crippen LogP contribution in [0.4, 0.5) is 0 Å². The van der Waals surface area contributed by atoms with E-state index in [1.807, 2.05) is 6.07 Å². The normalized spacial score (nSPS) is 17.1. The molecule has 0 aliphatic heterocycles. The van der Waals surface area contributed by atoms with Crippen molar-refractivity contribution in [2.24, 2.45) is 5.92 Å². The molecule has 0 unspecified atom stereocenters. The van der Waals surface area contributed by atoms with Crippen LogP contribution in [0.1, 0.15) is 37.8 Å². The molecule has 1 aliphatic carbocycles. The molecule has 1 aromatic heterocycles. The Labute approximate surface area is 120 Å². The Morgan fingerprint density at radius 1 is 1.35 bits per heavy atom. The Morgan fingerprint density at radius 3 is 2.60 bits per heavy atom. The Hall–Kier alpha value is -1.45. The van der Waals surface area contributed by atoms with E-state index < -0.39 is 10.0 Å². The van der Waals surface area contributed by atoms with E-state index in [4.69, 9.17) is 5.26 Å². The second kappa shape index (κ2) is 6.33. The summed E-state index contributed by atoms with van der Waals surface area (Å²) in [4.78, 5) is 3.97. The summed E-state index contributed by atoms with van der Waals surface area (Å²) in [7, 11) is -1.89. The van der Waals surface area contributed by atoms with Crippen LogP contribution >= 0.6 is 0 Å². The van der Waals surface area contributed by atoms with Gasteiger partial charge in [-0.3, -0.25) is 0 Å². The number of nitrogens with zero attached hydrogens (tertiary/aromatic N) is 3. The highest BCUT2D eigenvalue weighted by Crippen LogP contribution is 2.25. The van der Waals surface area contributed by atoms with Crippen molar-refractivity contribution in [3.8, 4) is 6.07 Å². The van der Waals surface area contributed by atoms with E-state index in [-0.39, 0.29) is 10.6 Å². The molecule has 5 nitrogen and oxygen atoms in total. The predicted octanol–water partition coefficient (Wildman–Crippen LogP) is 2.15. The molecule has 0 saturated heterocycles. The summed E-state index contributed by atoms with van der Waals surface area (Å²) >= 11 is 0. The van der Waals surface area contributed by atoms with Gasteiger partial charge in [-0.2, -0.15) is 5.26 Å². The second-order valence-electron chi connectivity index (χ2n) is 5.28. The van der Waals surface area contributed by atoms with Gasteiger partial charge in [0.2, 0.25) is 10.0 Å². The van der Waals surface area contributed by atoms with E-state index in [1.165, 1.54) is 41.9 Å². The highest BCUT2D eigenvalue weighted by molar-refractivity contribution is 7.89. The van der Waals surface area contributed by atoms with Gasteiger partial charge in [-0.05, 0) is 30.9 Å². The molecule has 0 aromatic carbocycles. The lowest BCUT2D eigenvalue weighted by Crippen LogP contribution is -2.32. The minimum absolute atomic E-state index is 0.148. The molecule has 1 heterocycles. The van der Waals surface area contributed by atoms with Crippen LogP contribution in [0.5, 0.6) is 0 Å². The summed E-state index contributed by atoms with van der Waals surface area (Å²) in [6.45, 7) is 0.558. The molecule has 2 rings (SSSR count). The number of sulfonamides is 1. The number of rotatable bonds is 4. The fourth-order valence-electron chi connectivity index (χ4n) is 2.61. The monoisotopic (exact) mass is 293 g/mol. The summed E-state index contributed by atoms with van der Waals surface area (Å²) in [5.41, 5.74) is 0.221. The Bertz CT molecular complexity index is 584. The molecule has 1 aliphatic rings. The standard InChI is InChI=1S/C14H19N3O2S/c1-17(11-12-5-3-2-4-6-12)20(18,19)14-8-7-13(9-15)16-10-14/h7-8,10,12H,2-6,11H2,1H3. The summed E-state index contributed by atoms with van der Waals surface area (Å²) < 4.78 is 26.2. The third-order valence-corrected chi connectivity index (χ3v) is 5.61. The average molecular weight is 293 g/mol. The molecule has 0 bridgehead atoms. The van der Waals surface area contributed by atoms with Crippen molar-refractivity contribution >= 4 is 10.0 Å². The third-order valence-electron chi connectivity index (χ3n) is 3.80. The number of aromatic nitrogens is 1. The van der Waals surface area contributed by atoms with Gasteiger partial charge in [0.1, 0.15) is 16.7 Å². The number of hydrogen-bond acceptors (Lipinski definition) is 4. The van der Waals surface area contributed by atoms with E-state index in [9.17, 15) is 8.42 Å². The van der Waals surface area contributed by atoms with Gasteiger partial charge in [-0.15, -0.1) is 0 Å². The molecule has 108 valence electrons. The van der Waals surface area contributed by atoms with E-state index in [0.29, 0.717) is 12.5 Å². The van der Waals surface area contributed by atoms with E-state index in [1.54, 1.807) is 7.05 Å². The summed E-state index contributed by atoms with van der Waals surface area (Å²) in [6.07, 6.45) is 7.10. The third kappa shape index (κ3) is 3.35. The first-order valence-corrected chi connectivity index (χ1v) is 8.30. The molecule has 1 saturated carbocycles. The molecule has 20 heavy (non-hydrogen) atoms. The summed E-state index contributed by atoms with van der Waals surface area (Å²) in [5.74, 6) is 0.454. The zero-order chi connectivity index (χ0) is 14.6. The van der Waals surface area contributed by atoms with Crippen molar-refractivity contribution in [1.29, 1.82) is 5.26 Å². The van der Waals surface area contributed by atoms with E-state index in [0.717, 1.165) is 12.8 Å². The average Bonchev–Trinajstić information content (AvgIpc) is 2.48. The number of hydrogen-bond donors (Lipinski definition) is 0. The molecule has 0 amide bonds. The van der Waals surface area contributed by atoms with Gasteiger partial charge in [0, 0.05) is 19.8 Å². The van der Waals surface area contributed by atoms with Crippen LogP contribution in [0.2, 0.25) is 0 Å². The molecule has 0 N–H and O–H groups in total. The Morgan fingerprint density at radius 2 is 2.05 bits per heavy atom. The molecule has 1 aromatic rings. The van der Waals surface area contributed by atoms with Gasteiger partial charge in [0.15, 0.2) is 0 Å². The maximum absolute atomic E-state index is 12.4. The van der Waals surface area contributed by atoms with Gasteiger partial charge in [0.05, 0.1) is 0 Å². The lowest BCUT2D eigenvalue weighted by atomic mass is 9.89. The van der Waals surface area contributed by atoms with Crippen molar-refractivity contribution in [3.05, 3.63) is 24.0 Å². The molecule has 6 heteroatoms. The van der Waals surface area contributed by atoms with Crippen molar-refractivity contribution in [2.45, 2.75) is 37.0 Å². The second-order valence-corrected chi connectivity index (χ2v) is 7.33. The molecular formula is C14H19N3O2S. The highest BCUT2D eigenvalue weighted by Gasteiger charge is 2.25. The van der Waals surface area contributed by atoms with Gasteiger partial charge >= 0.3 is 0 Å². The van der Waals surface area contributed by atoms with Crippen LogP contribution in [-0.2, 0) is 10.0 Å². The lowest BCUT2D eigenvalue weighted by molar-refractivity contribution is 0.300. The first-order valence-electron chi connectivity index (χ1n) is 6.86. The topological polar surface area (TPSA) is 74.1 Å². The predicted molar refractivity (Wildman–Crippen MR) is 75.3 cm³/mol. The number of pyridine rings is 1. The van der Waals surface area contributed by atoms with Crippen LogP contribution in [0.3, 0.4) is 0 Å². The summed E-state index contributed by atoms with van der Waals surface area (Å²) in [5, 5.41) is 8.68. The summed E-state index contributed by atoms with van der Waals surface area (Å²) in [6, 6.07) is 4.76. The minimum Gasteiger partial charge on any atom is -0.244 e. The molecule has 1 fully saturated rings. The van der Waals surface area contributed by atoms with Crippen molar-refractivity contribution < 1.29 is 8.42 Å². The largest absolute Gasteiger partial charge is 0.244 e. The Balaban J connectivity index is 2.09. The molecule has 0 radical (unpaired) electrons. The smallest absolute Gasteiger partial charge is 0.244 e. The van der Waals surface area contributed by atoms with Crippen molar-refractivity contribution in [1.82, 2.24) is 9.29 Å². The van der Waals surface area contributed by atoms with Gasteiger partial charge in [-0.1, -0.05) is 19.3 Å². The molecule has 0 atom stereocenters. The van der Waals surface area contributed by atoms with Crippen molar-refractivity contribution in [2.75, 3.05) is 13.6 Å². The maximum atomic E-state index is 12.4. The van der Waals surface area contributed by atoms with Crippen LogP contribution in [0.25, 0.3) is 0 Å². The fraction of sp³-hybridized carbons (Fsp3) is 0.571. The fourth-order valence-corrected chi connectivity index (χ4v) is 3.80. The van der Waals surface area contributed by atoms with Crippen LogP contribution in [0.15, 0.2) is 23.2 Å². The van der Waals surface area contributed by atoms with Gasteiger partial charge in [-0.25, -0.2) is 17.7 Å². The van der Waals surface area contributed by atoms with E-state index in [2.05, 4.69) is 4.98 Å². The first-order chi connectivity index (χ1) is 9.54. The SMILES string of the molecule is CN(CC1CCCCC1)S(=O)(=O)c1ccc(C#N)nc1. The zero-order valence-corrected chi connectivity index (χ0v) is 12.4. The van der Waals surface area contributed by atoms with Crippen LogP contribution in [0, 0.1) is 17.2 Å². The highest BCUT2D eigenvalue weighted by atomic mass is 32.2. The zero-order valence-electron chi connectivity index (χ0n) is 11.6. The maximum Gasteiger partial charge on any atom is 0.244 e. The molecular weight excluding hydrogens is 274 g/mol. The molecule has 0 spiro atoms. The van der Waals surface area contributed by atoms with Crippen LogP contribution in [-0.4, -0.2) is 31.3 Å². The van der Waals surface area contributed by atoms with Gasteiger partial charge < -0.3 is 0 Å². The van der Waals surface area contributed by atoms with Crippen LogP contribution < -0.4 is 0 Å². The Kier molecular flexibility index (Phi) is 4.73. The van der Waals surface area contributed by atoms with Crippen molar-refractivity contribution in [3.63, 3.8) is 0 Å². The minimum atomic E-state index is -3.50. The van der Waals surface area contributed by atoms with E-state index >= 15 is 0 Å². The number of nitriles is 1. The first kappa shape index (κ1) is 14.9. The lowest BCUT2D eigenvalue weighted by Gasteiger charge is -2.26.